The van der Waals surface area contributed by atoms with Gasteiger partial charge in [0.1, 0.15) is 6.61 Å². The minimum absolute atomic E-state index is 0.0453. The van der Waals surface area contributed by atoms with Gasteiger partial charge in [0.05, 0.1) is 12.1 Å². The molecule has 0 spiro atoms. The van der Waals surface area contributed by atoms with Crippen LogP contribution in [0.4, 0.5) is 0 Å². The number of methoxy groups -OCH3 is 2. The second-order valence-corrected chi connectivity index (χ2v) is 4.11. The molecular formula is C10H21NO4. The molecule has 0 radical (unpaired) electrons. The standard InChI is InChI=1S/C10H21NO4/c1-10(2,3)15-7-8(12)11-6-9(13-4)14-5/h9H,6-7H2,1-5H3,(H,11,12). The molecule has 5 nitrogen and oxygen atoms in total. The summed E-state index contributed by atoms with van der Waals surface area (Å²) in [5.41, 5.74) is -0.306. The minimum Gasteiger partial charge on any atom is -0.366 e. The van der Waals surface area contributed by atoms with E-state index in [1.807, 2.05) is 20.8 Å². The predicted octanol–water partition coefficient (Wildman–Crippen LogP) is 0.537. The molecule has 0 rings (SSSR count). The van der Waals surface area contributed by atoms with Gasteiger partial charge in [0.15, 0.2) is 6.29 Å². The number of nitrogens with one attached hydrogen (secondary N) is 1. The smallest absolute Gasteiger partial charge is 0.246 e. The van der Waals surface area contributed by atoms with Gasteiger partial charge in [-0.1, -0.05) is 0 Å². The van der Waals surface area contributed by atoms with Crippen molar-refractivity contribution in [3.8, 4) is 0 Å². The van der Waals surface area contributed by atoms with Crippen LogP contribution >= 0.6 is 0 Å². The molecule has 0 heterocycles. The highest BCUT2D eigenvalue weighted by molar-refractivity contribution is 5.77. The van der Waals surface area contributed by atoms with Crippen LogP contribution in [0.15, 0.2) is 0 Å². The lowest BCUT2D eigenvalue weighted by Gasteiger charge is -2.19. The van der Waals surface area contributed by atoms with E-state index in [9.17, 15) is 4.79 Å². The van der Waals surface area contributed by atoms with Crippen LogP contribution in [0.5, 0.6) is 0 Å². The second-order valence-electron chi connectivity index (χ2n) is 4.11. The lowest BCUT2D eigenvalue weighted by Crippen LogP contribution is -2.37. The number of amides is 1. The molecule has 0 unspecified atom stereocenters. The van der Waals surface area contributed by atoms with Gasteiger partial charge in [0.2, 0.25) is 5.91 Å². The van der Waals surface area contributed by atoms with Crippen molar-refractivity contribution in [2.45, 2.75) is 32.7 Å². The zero-order chi connectivity index (χ0) is 11.9. The summed E-state index contributed by atoms with van der Waals surface area (Å²) in [5.74, 6) is -0.177. The van der Waals surface area contributed by atoms with Crippen molar-refractivity contribution >= 4 is 5.91 Å². The van der Waals surface area contributed by atoms with Gasteiger partial charge in [-0.15, -0.1) is 0 Å². The highest BCUT2D eigenvalue weighted by atomic mass is 16.7. The normalized spacial score (nSPS) is 11.9. The number of carbonyl (C=O) groups is 1. The van der Waals surface area contributed by atoms with Crippen LogP contribution in [0.3, 0.4) is 0 Å². The van der Waals surface area contributed by atoms with Crippen molar-refractivity contribution in [2.75, 3.05) is 27.4 Å². The van der Waals surface area contributed by atoms with Gasteiger partial charge in [-0.3, -0.25) is 4.79 Å². The molecular weight excluding hydrogens is 198 g/mol. The monoisotopic (exact) mass is 219 g/mol. The van der Waals surface area contributed by atoms with Crippen LogP contribution < -0.4 is 5.32 Å². The molecule has 1 amide bonds. The molecule has 90 valence electrons. The van der Waals surface area contributed by atoms with Crippen LogP contribution in [0.2, 0.25) is 0 Å². The third-order valence-corrected chi connectivity index (χ3v) is 1.63. The minimum atomic E-state index is -0.413. The molecule has 0 saturated carbocycles. The fourth-order valence-electron chi connectivity index (χ4n) is 0.793. The number of hydrogen-bond donors (Lipinski definition) is 1. The fraction of sp³-hybridized carbons (Fsp3) is 0.900. The molecule has 0 bridgehead atoms. The Balaban J connectivity index is 3.66. The highest BCUT2D eigenvalue weighted by Gasteiger charge is 2.13. The molecule has 15 heavy (non-hydrogen) atoms. The summed E-state index contributed by atoms with van der Waals surface area (Å²) in [4.78, 5) is 11.3. The van der Waals surface area contributed by atoms with Crippen LogP contribution in [0.25, 0.3) is 0 Å². The van der Waals surface area contributed by atoms with E-state index in [4.69, 9.17) is 14.2 Å². The maximum absolute atomic E-state index is 11.3. The topological polar surface area (TPSA) is 56.8 Å². The van der Waals surface area contributed by atoms with E-state index >= 15 is 0 Å². The van der Waals surface area contributed by atoms with E-state index < -0.39 is 6.29 Å². The number of carbonyl (C=O) groups excluding carboxylic acids is 1. The number of ether oxygens (including phenoxy) is 3. The summed E-state index contributed by atoms with van der Waals surface area (Å²) in [6.45, 7) is 6.05. The first-order valence-corrected chi connectivity index (χ1v) is 4.85. The Labute approximate surface area is 91.1 Å². The molecule has 0 atom stereocenters. The Hall–Kier alpha value is -0.650. The van der Waals surface area contributed by atoms with E-state index in [0.717, 1.165) is 0 Å². The lowest BCUT2D eigenvalue weighted by atomic mass is 10.2. The zero-order valence-corrected chi connectivity index (χ0v) is 10.1. The van der Waals surface area contributed by atoms with Crippen LogP contribution in [0.1, 0.15) is 20.8 Å². The SMILES string of the molecule is COC(CNC(=O)COC(C)(C)C)OC. The summed E-state index contributed by atoms with van der Waals surface area (Å²) in [6, 6.07) is 0. The first-order valence-electron chi connectivity index (χ1n) is 4.85. The van der Waals surface area contributed by atoms with Crippen LogP contribution in [0, 0.1) is 0 Å². The van der Waals surface area contributed by atoms with Crippen molar-refractivity contribution in [2.24, 2.45) is 0 Å². The third-order valence-electron chi connectivity index (χ3n) is 1.63. The first kappa shape index (κ1) is 14.3. The van der Waals surface area contributed by atoms with E-state index in [2.05, 4.69) is 5.32 Å². The van der Waals surface area contributed by atoms with Crippen molar-refractivity contribution in [3.05, 3.63) is 0 Å². The van der Waals surface area contributed by atoms with Crippen molar-refractivity contribution < 1.29 is 19.0 Å². The average molecular weight is 219 g/mol. The van der Waals surface area contributed by atoms with Crippen molar-refractivity contribution in [3.63, 3.8) is 0 Å². The Bertz CT molecular complexity index is 184. The molecule has 0 aliphatic heterocycles. The highest BCUT2D eigenvalue weighted by Crippen LogP contribution is 2.05. The number of hydrogen-bond acceptors (Lipinski definition) is 4. The maximum Gasteiger partial charge on any atom is 0.246 e. The number of rotatable bonds is 6. The first-order chi connectivity index (χ1) is 6.89. The van der Waals surface area contributed by atoms with Gasteiger partial charge in [0, 0.05) is 14.2 Å². The van der Waals surface area contributed by atoms with Gasteiger partial charge in [-0.2, -0.15) is 0 Å². The summed E-state index contributed by atoms with van der Waals surface area (Å²) >= 11 is 0. The Morgan fingerprint density at radius 2 is 1.80 bits per heavy atom. The summed E-state index contributed by atoms with van der Waals surface area (Å²) < 4.78 is 15.1. The zero-order valence-electron chi connectivity index (χ0n) is 10.1. The van der Waals surface area contributed by atoms with Gasteiger partial charge in [0.25, 0.3) is 0 Å². The molecule has 0 aromatic rings. The molecule has 0 aliphatic rings. The van der Waals surface area contributed by atoms with Crippen LogP contribution in [-0.4, -0.2) is 45.2 Å². The molecule has 0 saturated heterocycles. The van der Waals surface area contributed by atoms with Gasteiger partial charge >= 0.3 is 0 Å². The lowest BCUT2D eigenvalue weighted by molar-refractivity contribution is -0.135. The van der Waals surface area contributed by atoms with Crippen molar-refractivity contribution in [1.29, 1.82) is 0 Å². The van der Waals surface area contributed by atoms with E-state index in [0.29, 0.717) is 6.54 Å². The molecule has 0 fully saturated rings. The Morgan fingerprint density at radius 3 is 2.20 bits per heavy atom. The quantitative estimate of drug-likeness (QED) is 0.662. The molecule has 1 N–H and O–H groups in total. The van der Waals surface area contributed by atoms with Gasteiger partial charge in [-0.25, -0.2) is 0 Å². The molecule has 0 aromatic heterocycles. The van der Waals surface area contributed by atoms with Gasteiger partial charge < -0.3 is 19.5 Å². The molecule has 0 aromatic carbocycles. The summed E-state index contributed by atoms with van der Waals surface area (Å²) in [7, 11) is 3.04. The fourth-order valence-corrected chi connectivity index (χ4v) is 0.793. The largest absolute Gasteiger partial charge is 0.366 e. The third kappa shape index (κ3) is 8.35. The van der Waals surface area contributed by atoms with E-state index in [1.54, 1.807) is 0 Å². The van der Waals surface area contributed by atoms with E-state index in [-0.39, 0.29) is 18.1 Å². The van der Waals surface area contributed by atoms with Crippen molar-refractivity contribution in [1.82, 2.24) is 5.32 Å². The molecule has 0 aliphatic carbocycles. The van der Waals surface area contributed by atoms with Gasteiger partial charge in [-0.05, 0) is 20.8 Å². The second kappa shape index (κ2) is 6.76. The Morgan fingerprint density at radius 1 is 1.27 bits per heavy atom. The van der Waals surface area contributed by atoms with E-state index in [1.165, 1.54) is 14.2 Å². The van der Waals surface area contributed by atoms with Crippen LogP contribution in [-0.2, 0) is 19.0 Å². The molecule has 5 heteroatoms. The maximum atomic E-state index is 11.3. The summed E-state index contributed by atoms with van der Waals surface area (Å²) in [6.07, 6.45) is -0.413. The summed E-state index contributed by atoms with van der Waals surface area (Å²) in [5, 5.41) is 2.64. The average Bonchev–Trinajstić information content (AvgIpc) is 2.15. The predicted molar refractivity (Wildman–Crippen MR) is 56.5 cm³/mol. The Kier molecular flexibility index (Phi) is 6.47.